The van der Waals surface area contributed by atoms with E-state index in [0.717, 1.165) is 9.13 Å². The number of ether oxygens (including phenoxy) is 3. The summed E-state index contributed by atoms with van der Waals surface area (Å²) in [5.74, 6) is 0.491. The minimum Gasteiger partial charge on any atom is -0.490 e. The summed E-state index contributed by atoms with van der Waals surface area (Å²) in [5, 5.41) is 0. The highest BCUT2D eigenvalue weighted by Gasteiger charge is 2.24. The number of carbonyl (C=O) groups is 1. The second-order valence-electron chi connectivity index (χ2n) is 6.27. The van der Waals surface area contributed by atoms with Gasteiger partial charge in [0.15, 0.2) is 17.2 Å². The van der Waals surface area contributed by atoms with Crippen molar-refractivity contribution >= 4 is 40.5 Å². The molecule has 1 heterocycles. The van der Waals surface area contributed by atoms with Gasteiger partial charge in [-0.1, -0.05) is 0 Å². The van der Waals surface area contributed by atoms with Crippen molar-refractivity contribution in [2.24, 2.45) is 4.99 Å². The van der Waals surface area contributed by atoms with Crippen molar-refractivity contribution in [1.29, 1.82) is 0 Å². The minimum absolute atomic E-state index is 0.00426. The largest absolute Gasteiger partial charge is 0.490 e. The zero-order valence-corrected chi connectivity index (χ0v) is 17.8. The van der Waals surface area contributed by atoms with Crippen LogP contribution in [0.5, 0.6) is 11.5 Å². The monoisotopic (exact) mass is 495 g/mol. The number of nitrogens with zero attached hydrogens (tertiary/aromatic N) is 1. The maximum absolute atomic E-state index is 13.1. The highest BCUT2D eigenvalue weighted by atomic mass is 127. The summed E-state index contributed by atoms with van der Waals surface area (Å²) < 4.78 is 30.7. The lowest BCUT2D eigenvalue weighted by Crippen LogP contribution is -2.09. The van der Waals surface area contributed by atoms with E-state index >= 15 is 0 Å². The first kappa shape index (κ1) is 20.3. The number of rotatable bonds is 6. The molecule has 0 amide bonds. The molecule has 0 unspecified atom stereocenters. The molecule has 3 rings (SSSR count). The smallest absolute Gasteiger partial charge is 0.363 e. The van der Waals surface area contributed by atoms with Crippen LogP contribution in [0.2, 0.25) is 0 Å². The number of hydrogen-bond acceptors (Lipinski definition) is 5. The van der Waals surface area contributed by atoms with Gasteiger partial charge in [-0.05, 0) is 91.4 Å². The van der Waals surface area contributed by atoms with Gasteiger partial charge in [0, 0.05) is 5.56 Å². The average Bonchev–Trinajstić information content (AvgIpc) is 2.99. The zero-order valence-electron chi connectivity index (χ0n) is 15.7. The number of benzene rings is 2. The van der Waals surface area contributed by atoms with Crippen molar-refractivity contribution in [3.63, 3.8) is 0 Å². The molecule has 0 radical (unpaired) electrons. The fourth-order valence-corrected chi connectivity index (χ4v) is 3.32. The van der Waals surface area contributed by atoms with E-state index in [2.05, 4.69) is 27.6 Å². The first-order valence-corrected chi connectivity index (χ1v) is 9.86. The number of carbonyl (C=O) groups excluding carboxylic acids is 1. The summed E-state index contributed by atoms with van der Waals surface area (Å²) in [4.78, 5) is 16.4. The summed E-state index contributed by atoms with van der Waals surface area (Å²) in [6.45, 7) is 6.27. The van der Waals surface area contributed by atoms with Crippen LogP contribution in [0.25, 0.3) is 6.08 Å². The minimum atomic E-state index is -0.560. The second kappa shape index (κ2) is 8.72. The Balaban J connectivity index is 1.95. The van der Waals surface area contributed by atoms with E-state index in [0.29, 0.717) is 23.7 Å². The van der Waals surface area contributed by atoms with E-state index in [-0.39, 0.29) is 23.5 Å². The molecule has 0 saturated heterocycles. The highest BCUT2D eigenvalue weighted by Crippen LogP contribution is 2.36. The lowest BCUT2D eigenvalue weighted by molar-refractivity contribution is -0.129. The van der Waals surface area contributed by atoms with E-state index in [1.807, 2.05) is 26.8 Å². The van der Waals surface area contributed by atoms with Crippen LogP contribution in [0.3, 0.4) is 0 Å². The van der Waals surface area contributed by atoms with Crippen molar-refractivity contribution in [2.45, 2.75) is 26.9 Å². The number of halogens is 2. The molecule has 1 aliphatic heterocycles. The normalized spacial score (nSPS) is 15.0. The molecule has 146 valence electrons. The predicted octanol–water partition coefficient (Wildman–Crippen LogP) is 4.96. The third-order valence-electron chi connectivity index (χ3n) is 3.70. The van der Waals surface area contributed by atoms with Gasteiger partial charge < -0.3 is 14.2 Å². The molecular formula is C21H19FINO4. The molecule has 28 heavy (non-hydrogen) atoms. The summed E-state index contributed by atoms with van der Waals surface area (Å²) >= 11 is 2.17. The molecule has 0 aliphatic carbocycles. The maximum atomic E-state index is 13.1. The summed E-state index contributed by atoms with van der Waals surface area (Å²) in [5.41, 5.74) is 1.43. The summed E-state index contributed by atoms with van der Waals surface area (Å²) in [6, 6.07) is 9.29. The third-order valence-corrected chi connectivity index (χ3v) is 4.50. The van der Waals surface area contributed by atoms with Crippen molar-refractivity contribution in [1.82, 2.24) is 0 Å². The van der Waals surface area contributed by atoms with Gasteiger partial charge in [0.05, 0.1) is 16.3 Å². The lowest BCUT2D eigenvalue weighted by Gasteiger charge is -2.16. The van der Waals surface area contributed by atoms with Crippen molar-refractivity contribution in [3.05, 3.63) is 62.6 Å². The summed E-state index contributed by atoms with van der Waals surface area (Å²) in [6.07, 6.45) is 1.63. The molecule has 5 nitrogen and oxygen atoms in total. The molecule has 2 aromatic carbocycles. The Labute approximate surface area is 176 Å². The van der Waals surface area contributed by atoms with Crippen LogP contribution in [0.15, 0.2) is 47.1 Å². The zero-order chi connectivity index (χ0) is 20.3. The Kier molecular flexibility index (Phi) is 6.33. The number of aliphatic imine (C=N–C) groups is 1. The Bertz CT molecular complexity index is 952. The SMILES string of the molecule is CCOc1cc(C=C2N=C(c3ccc(F)cc3)OC2=O)cc(I)c1OC(C)C. The van der Waals surface area contributed by atoms with E-state index in [9.17, 15) is 9.18 Å². The van der Waals surface area contributed by atoms with Gasteiger partial charge in [0.2, 0.25) is 5.90 Å². The molecule has 0 saturated carbocycles. The van der Waals surface area contributed by atoms with Crippen molar-refractivity contribution in [3.8, 4) is 11.5 Å². The topological polar surface area (TPSA) is 57.1 Å². The Morgan fingerprint density at radius 3 is 2.61 bits per heavy atom. The Morgan fingerprint density at radius 1 is 1.25 bits per heavy atom. The number of cyclic esters (lactones) is 1. The van der Waals surface area contributed by atoms with Crippen molar-refractivity contribution in [2.75, 3.05) is 6.61 Å². The molecule has 0 N–H and O–H groups in total. The molecule has 7 heteroatoms. The standard InChI is InChI=1S/C21H19FINO4/c1-4-26-18-11-13(9-16(23)19(18)27-12(2)3)10-17-21(25)28-20(24-17)14-5-7-15(22)8-6-14/h5-12H,4H2,1-3H3. The number of hydrogen-bond donors (Lipinski definition) is 0. The van der Waals surface area contributed by atoms with Crippen LogP contribution in [-0.2, 0) is 9.53 Å². The van der Waals surface area contributed by atoms with Gasteiger partial charge in [-0.3, -0.25) is 0 Å². The molecule has 0 fully saturated rings. The van der Waals surface area contributed by atoms with Crippen LogP contribution >= 0.6 is 22.6 Å². The molecule has 0 bridgehead atoms. The Hall–Kier alpha value is -2.42. The van der Waals surface area contributed by atoms with Crippen LogP contribution in [0.4, 0.5) is 4.39 Å². The van der Waals surface area contributed by atoms with Crippen LogP contribution in [0, 0.1) is 9.39 Å². The van der Waals surface area contributed by atoms with E-state index in [1.54, 1.807) is 12.1 Å². The molecule has 0 spiro atoms. The van der Waals surface area contributed by atoms with Crippen LogP contribution in [-0.4, -0.2) is 24.6 Å². The molecule has 1 aliphatic rings. The van der Waals surface area contributed by atoms with Crippen molar-refractivity contribution < 1.29 is 23.4 Å². The molecule has 2 aromatic rings. The van der Waals surface area contributed by atoms with Gasteiger partial charge in [-0.2, -0.15) is 0 Å². The van der Waals surface area contributed by atoms with E-state index in [4.69, 9.17) is 14.2 Å². The Morgan fingerprint density at radius 2 is 1.96 bits per heavy atom. The van der Waals surface area contributed by atoms with Gasteiger partial charge in [0.25, 0.3) is 0 Å². The third kappa shape index (κ3) is 4.70. The van der Waals surface area contributed by atoms with Gasteiger partial charge in [-0.25, -0.2) is 14.2 Å². The van der Waals surface area contributed by atoms with Gasteiger partial charge in [0.1, 0.15) is 5.82 Å². The van der Waals surface area contributed by atoms with E-state index < -0.39 is 5.97 Å². The first-order valence-electron chi connectivity index (χ1n) is 8.79. The van der Waals surface area contributed by atoms with Crippen LogP contribution < -0.4 is 9.47 Å². The molecule has 0 aromatic heterocycles. The van der Waals surface area contributed by atoms with E-state index in [1.165, 1.54) is 24.3 Å². The fraction of sp³-hybridized carbons (Fsp3) is 0.238. The average molecular weight is 495 g/mol. The summed E-state index contributed by atoms with van der Waals surface area (Å²) in [7, 11) is 0. The number of esters is 1. The lowest BCUT2D eigenvalue weighted by atomic mass is 10.1. The molecule has 0 atom stereocenters. The predicted molar refractivity (Wildman–Crippen MR) is 113 cm³/mol. The maximum Gasteiger partial charge on any atom is 0.363 e. The van der Waals surface area contributed by atoms with Gasteiger partial charge in [-0.15, -0.1) is 0 Å². The quantitative estimate of drug-likeness (QED) is 0.323. The van der Waals surface area contributed by atoms with Gasteiger partial charge >= 0.3 is 5.97 Å². The van der Waals surface area contributed by atoms with Crippen LogP contribution in [0.1, 0.15) is 31.9 Å². The fourth-order valence-electron chi connectivity index (χ4n) is 2.57. The highest BCUT2D eigenvalue weighted by molar-refractivity contribution is 14.1. The molecular weight excluding hydrogens is 476 g/mol. The second-order valence-corrected chi connectivity index (χ2v) is 7.43. The first-order chi connectivity index (χ1) is 13.4.